The third-order valence-electron chi connectivity index (χ3n) is 4.47. The quantitative estimate of drug-likeness (QED) is 0.847. The summed E-state index contributed by atoms with van der Waals surface area (Å²) >= 11 is 18.9. The average Bonchev–Trinajstić information content (AvgIpc) is 3.15. The van der Waals surface area contributed by atoms with Gasteiger partial charge in [-0.1, -0.05) is 6.92 Å². The lowest BCUT2D eigenvalue weighted by atomic mass is 9.83. The van der Waals surface area contributed by atoms with Crippen LogP contribution in [-0.2, 0) is 0 Å². The van der Waals surface area contributed by atoms with Gasteiger partial charge in [-0.15, -0.1) is 34.8 Å². The van der Waals surface area contributed by atoms with Gasteiger partial charge in [0.2, 0.25) is 0 Å². The molecular weight excluding hydrogens is 309 g/mol. The standard InChI is InChI=1S/C12H16Cl3N3O/c1-2-11(19,10(13)3-4-10)9(8-5-12(8,14)15)18-7-16-6-17-18/h6-9,19H,2-5H2,1H3/t8-,9?,11+/m1/s1. The Kier molecular flexibility index (Phi) is 3.10. The maximum absolute atomic E-state index is 11.2. The van der Waals surface area contributed by atoms with Gasteiger partial charge in [0.25, 0.3) is 0 Å². The predicted octanol–water partition coefficient (Wildman–Crippen LogP) is 2.93. The molecule has 0 radical (unpaired) electrons. The summed E-state index contributed by atoms with van der Waals surface area (Å²) in [6.07, 6.45) is 5.81. The van der Waals surface area contributed by atoms with E-state index >= 15 is 0 Å². The fourth-order valence-electron chi connectivity index (χ4n) is 3.01. The molecule has 0 saturated heterocycles. The number of rotatable bonds is 5. The van der Waals surface area contributed by atoms with Crippen LogP contribution in [0, 0.1) is 5.92 Å². The molecule has 2 aliphatic rings. The summed E-state index contributed by atoms with van der Waals surface area (Å²) < 4.78 is 0.852. The molecule has 0 amide bonds. The predicted molar refractivity (Wildman–Crippen MR) is 74.7 cm³/mol. The van der Waals surface area contributed by atoms with Crippen molar-refractivity contribution in [1.82, 2.24) is 14.8 Å². The van der Waals surface area contributed by atoms with E-state index in [0.717, 1.165) is 12.8 Å². The van der Waals surface area contributed by atoms with Gasteiger partial charge in [0.1, 0.15) is 22.6 Å². The van der Waals surface area contributed by atoms with Gasteiger partial charge in [0, 0.05) is 5.92 Å². The number of halogens is 3. The number of nitrogens with zero attached hydrogens (tertiary/aromatic N) is 3. The van der Waals surface area contributed by atoms with Crippen molar-refractivity contribution < 1.29 is 5.11 Å². The molecule has 4 nitrogen and oxygen atoms in total. The van der Waals surface area contributed by atoms with Gasteiger partial charge >= 0.3 is 0 Å². The number of hydrogen-bond donors (Lipinski definition) is 1. The van der Waals surface area contributed by atoms with Gasteiger partial charge in [0.15, 0.2) is 0 Å². The molecule has 2 saturated carbocycles. The van der Waals surface area contributed by atoms with Crippen molar-refractivity contribution in [3.63, 3.8) is 0 Å². The molecule has 0 spiro atoms. The summed E-state index contributed by atoms with van der Waals surface area (Å²) in [4.78, 5) is 3.37. The fourth-order valence-corrected chi connectivity index (χ4v) is 3.92. The molecule has 2 aliphatic carbocycles. The van der Waals surface area contributed by atoms with Crippen LogP contribution in [0.3, 0.4) is 0 Å². The molecule has 3 atom stereocenters. The van der Waals surface area contributed by atoms with Gasteiger partial charge in [-0.3, -0.25) is 0 Å². The van der Waals surface area contributed by atoms with Crippen molar-refractivity contribution in [3.05, 3.63) is 12.7 Å². The highest BCUT2D eigenvalue weighted by Crippen LogP contribution is 2.65. The van der Waals surface area contributed by atoms with Gasteiger partial charge in [-0.2, -0.15) is 5.10 Å². The van der Waals surface area contributed by atoms with Crippen molar-refractivity contribution >= 4 is 34.8 Å². The first-order valence-corrected chi connectivity index (χ1v) is 7.61. The van der Waals surface area contributed by atoms with Crippen molar-refractivity contribution in [2.75, 3.05) is 0 Å². The second kappa shape index (κ2) is 4.23. The van der Waals surface area contributed by atoms with Crippen molar-refractivity contribution in [3.8, 4) is 0 Å². The van der Waals surface area contributed by atoms with Crippen LogP contribution in [-0.4, -0.2) is 34.7 Å². The van der Waals surface area contributed by atoms with E-state index in [-0.39, 0.29) is 12.0 Å². The topological polar surface area (TPSA) is 50.9 Å². The number of alkyl halides is 3. The lowest BCUT2D eigenvalue weighted by Gasteiger charge is -2.40. The zero-order valence-corrected chi connectivity index (χ0v) is 12.8. The highest BCUT2D eigenvalue weighted by molar-refractivity contribution is 6.50. The molecule has 0 aromatic carbocycles. The third-order valence-corrected chi connectivity index (χ3v) is 6.04. The Labute approximate surface area is 127 Å². The molecule has 3 rings (SSSR count). The SMILES string of the molecule is CC[C@](O)(C([C@H]1CC1(Cl)Cl)n1cncn1)C1(Cl)CC1. The normalized spacial score (nSPS) is 31.5. The Balaban J connectivity index is 2.00. The Morgan fingerprint density at radius 2 is 2.11 bits per heavy atom. The Morgan fingerprint density at radius 3 is 2.47 bits per heavy atom. The molecule has 1 heterocycles. The maximum Gasteiger partial charge on any atom is 0.137 e. The molecule has 1 aromatic heterocycles. The van der Waals surface area contributed by atoms with Crippen LogP contribution in [0.5, 0.6) is 0 Å². The molecule has 1 unspecified atom stereocenters. The summed E-state index contributed by atoms with van der Waals surface area (Å²) in [5.74, 6) is -0.0568. The average molecular weight is 325 g/mol. The van der Waals surface area contributed by atoms with E-state index in [1.54, 1.807) is 11.0 Å². The zero-order valence-electron chi connectivity index (χ0n) is 10.6. The van der Waals surface area contributed by atoms with Crippen LogP contribution < -0.4 is 0 Å². The minimum atomic E-state index is -1.07. The molecule has 0 bridgehead atoms. The minimum Gasteiger partial charge on any atom is -0.386 e. The number of aliphatic hydroxyl groups is 1. The van der Waals surface area contributed by atoms with Crippen LogP contribution in [0.15, 0.2) is 12.7 Å². The van der Waals surface area contributed by atoms with Gasteiger partial charge in [-0.05, 0) is 25.7 Å². The Morgan fingerprint density at radius 1 is 1.47 bits per heavy atom. The minimum absolute atomic E-state index is 0.0568. The highest BCUT2D eigenvalue weighted by atomic mass is 35.5. The van der Waals surface area contributed by atoms with E-state index in [2.05, 4.69) is 10.1 Å². The van der Waals surface area contributed by atoms with Crippen molar-refractivity contribution in [2.24, 2.45) is 5.92 Å². The first kappa shape index (κ1) is 13.9. The second-order valence-corrected chi connectivity index (χ2v) is 7.90. The van der Waals surface area contributed by atoms with Crippen LogP contribution in [0.4, 0.5) is 0 Å². The zero-order chi connectivity index (χ0) is 13.9. The van der Waals surface area contributed by atoms with Crippen LogP contribution in [0.2, 0.25) is 0 Å². The van der Waals surface area contributed by atoms with Crippen LogP contribution in [0.25, 0.3) is 0 Å². The van der Waals surface area contributed by atoms with Crippen LogP contribution >= 0.6 is 34.8 Å². The van der Waals surface area contributed by atoms with Gasteiger partial charge in [0.05, 0.1) is 10.9 Å². The van der Waals surface area contributed by atoms with E-state index in [9.17, 15) is 5.11 Å². The summed E-state index contributed by atoms with van der Waals surface area (Å²) in [5.41, 5.74) is -1.07. The molecule has 0 aliphatic heterocycles. The Bertz CT molecular complexity index is 475. The van der Waals surface area contributed by atoms with Gasteiger partial charge in [-0.25, -0.2) is 9.67 Å². The van der Waals surface area contributed by atoms with E-state index in [1.807, 2.05) is 6.92 Å². The number of hydrogen-bond acceptors (Lipinski definition) is 3. The lowest BCUT2D eigenvalue weighted by molar-refractivity contribution is -0.0400. The summed E-state index contributed by atoms with van der Waals surface area (Å²) in [6, 6.07) is -0.338. The fraction of sp³-hybridized carbons (Fsp3) is 0.833. The van der Waals surface area contributed by atoms with E-state index in [1.165, 1.54) is 6.33 Å². The molecule has 19 heavy (non-hydrogen) atoms. The lowest BCUT2D eigenvalue weighted by Crippen LogP contribution is -2.50. The van der Waals surface area contributed by atoms with Crippen molar-refractivity contribution in [2.45, 2.75) is 53.5 Å². The van der Waals surface area contributed by atoms with Crippen molar-refractivity contribution in [1.29, 1.82) is 0 Å². The maximum atomic E-state index is 11.2. The summed E-state index contributed by atoms with van der Waals surface area (Å²) in [7, 11) is 0. The van der Waals surface area contributed by atoms with Crippen LogP contribution in [0.1, 0.15) is 38.6 Å². The van der Waals surface area contributed by atoms with Gasteiger partial charge < -0.3 is 5.11 Å². The molecule has 106 valence electrons. The van der Waals surface area contributed by atoms with E-state index < -0.39 is 14.8 Å². The first-order valence-electron chi connectivity index (χ1n) is 6.47. The summed E-state index contributed by atoms with van der Waals surface area (Å²) in [6.45, 7) is 1.93. The second-order valence-electron chi connectivity index (χ2n) is 5.64. The molecule has 1 aromatic rings. The molecule has 2 fully saturated rings. The molecular formula is C12H16Cl3N3O. The largest absolute Gasteiger partial charge is 0.386 e. The van der Waals surface area contributed by atoms with E-state index in [0.29, 0.717) is 12.8 Å². The molecule has 7 heteroatoms. The first-order chi connectivity index (χ1) is 8.84. The molecule has 1 N–H and O–H groups in total. The van der Waals surface area contributed by atoms with E-state index in [4.69, 9.17) is 34.8 Å². The Hall–Kier alpha value is -0.0300. The summed E-state index contributed by atoms with van der Waals surface area (Å²) in [5, 5.41) is 15.3. The highest BCUT2D eigenvalue weighted by Gasteiger charge is 2.68. The number of aromatic nitrogens is 3. The monoisotopic (exact) mass is 323 g/mol. The smallest absolute Gasteiger partial charge is 0.137 e. The third kappa shape index (κ3) is 2.08.